The lowest BCUT2D eigenvalue weighted by atomic mass is 10.2. The van der Waals surface area contributed by atoms with Crippen LogP contribution >= 0.6 is 11.6 Å². The van der Waals surface area contributed by atoms with Gasteiger partial charge in [0.2, 0.25) is 0 Å². The minimum absolute atomic E-state index is 0.150. The Morgan fingerprint density at radius 1 is 0.724 bits per heavy atom. The number of anilines is 2. The molecule has 0 aliphatic carbocycles. The van der Waals surface area contributed by atoms with E-state index in [0.29, 0.717) is 11.4 Å². The first-order valence-corrected chi connectivity index (χ1v) is 9.23. The van der Waals surface area contributed by atoms with Gasteiger partial charge in [0.05, 0.1) is 10.7 Å². The molecule has 0 heterocycles. The van der Waals surface area contributed by atoms with Crippen LogP contribution in [-0.2, 0) is 22.7 Å². The first kappa shape index (κ1) is 20.2. The molecule has 0 radical (unpaired) electrons. The fraction of sp³-hybridized carbons (Fsp3) is 0.0909. The average molecular weight is 411 g/mol. The molecule has 0 saturated carbocycles. The summed E-state index contributed by atoms with van der Waals surface area (Å²) in [5, 5.41) is 5.41. The van der Waals surface area contributed by atoms with Gasteiger partial charge in [0.25, 0.3) is 0 Å². The van der Waals surface area contributed by atoms with Crippen LogP contribution < -0.4 is 10.6 Å². The lowest BCUT2D eigenvalue weighted by molar-refractivity contribution is 0.154. The van der Waals surface area contributed by atoms with Crippen molar-refractivity contribution in [3.8, 4) is 0 Å². The highest BCUT2D eigenvalue weighted by molar-refractivity contribution is 6.34. The summed E-state index contributed by atoms with van der Waals surface area (Å²) in [6.45, 7) is 0.310. The van der Waals surface area contributed by atoms with E-state index in [-0.39, 0.29) is 18.2 Å². The molecule has 3 rings (SSSR count). The largest absolute Gasteiger partial charge is 0.444 e. The summed E-state index contributed by atoms with van der Waals surface area (Å²) in [6, 6.07) is 23.4. The summed E-state index contributed by atoms with van der Waals surface area (Å²) in [4.78, 5) is 23.9. The number of nitrogens with one attached hydrogen (secondary N) is 2. The number of ether oxygens (including phenoxy) is 2. The third kappa shape index (κ3) is 6.55. The zero-order valence-electron chi connectivity index (χ0n) is 15.4. The Bertz CT molecular complexity index is 965. The molecule has 0 unspecified atom stereocenters. The lowest BCUT2D eigenvalue weighted by Gasteiger charge is -2.11. The molecule has 0 atom stereocenters. The van der Waals surface area contributed by atoms with Crippen molar-refractivity contribution >= 4 is 35.2 Å². The maximum absolute atomic E-state index is 11.9. The number of rotatable bonds is 6. The predicted molar refractivity (Wildman–Crippen MR) is 112 cm³/mol. The van der Waals surface area contributed by atoms with Gasteiger partial charge < -0.3 is 9.47 Å². The number of amides is 2. The summed E-state index contributed by atoms with van der Waals surface area (Å²) in [7, 11) is 0. The minimum atomic E-state index is -0.626. The van der Waals surface area contributed by atoms with E-state index in [1.165, 1.54) is 6.07 Å². The Hall–Kier alpha value is -3.51. The van der Waals surface area contributed by atoms with Gasteiger partial charge in [-0.3, -0.25) is 10.6 Å². The molecule has 0 spiro atoms. The molecule has 0 bridgehead atoms. The van der Waals surface area contributed by atoms with Crippen molar-refractivity contribution in [1.29, 1.82) is 0 Å². The average Bonchev–Trinajstić information content (AvgIpc) is 2.74. The van der Waals surface area contributed by atoms with Crippen molar-refractivity contribution < 1.29 is 19.1 Å². The molecule has 0 aliphatic heterocycles. The van der Waals surface area contributed by atoms with Crippen molar-refractivity contribution in [2.75, 3.05) is 10.6 Å². The number of carbonyl (C=O) groups is 2. The topological polar surface area (TPSA) is 76.7 Å². The van der Waals surface area contributed by atoms with Gasteiger partial charge in [-0.1, -0.05) is 72.3 Å². The van der Waals surface area contributed by atoms with E-state index in [9.17, 15) is 9.59 Å². The second kappa shape index (κ2) is 10.1. The first-order chi connectivity index (χ1) is 14.1. The quantitative estimate of drug-likeness (QED) is 0.535. The fourth-order valence-corrected chi connectivity index (χ4v) is 2.67. The van der Waals surface area contributed by atoms with E-state index in [0.717, 1.165) is 11.1 Å². The van der Waals surface area contributed by atoms with Crippen LogP contribution in [0.3, 0.4) is 0 Å². The summed E-state index contributed by atoms with van der Waals surface area (Å²) >= 11 is 6.18. The third-order valence-corrected chi connectivity index (χ3v) is 4.19. The Morgan fingerprint density at radius 3 is 1.76 bits per heavy atom. The van der Waals surface area contributed by atoms with E-state index in [4.69, 9.17) is 21.1 Å². The van der Waals surface area contributed by atoms with Crippen LogP contribution in [0.15, 0.2) is 78.9 Å². The summed E-state index contributed by atoms with van der Waals surface area (Å²) in [5.41, 5.74) is 2.57. The van der Waals surface area contributed by atoms with Gasteiger partial charge in [0.1, 0.15) is 13.2 Å². The van der Waals surface area contributed by atoms with Crippen LogP contribution in [0, 0.1) is 0 Å². The van der Waals surface area contributed by atoms with Gasteiger partial charge in [0.15, 0.2) is 0 Å². The molecule has 2 N–H and O–H groups in total. The zero-order valence-corrected chi connectivity index (χ0v) is 16.2. The van der Waals surface area contributed by atoms with Crippen molar-refractivity contribution in [1.82, 2.24) is 0 Å². The van der Waals surface area contributed by atoms with Crippen LogP contribution in [0.1, 0.15) is 11.1 Å². The van der Waals surface area contributed by atoms with E-state index in [2.05, 4.69) is 10.6 Å². The maximum atomic E-state index is 11.9. The van der Waals surface area contributed by atoms with Crippen molar-refractivity contribution in [3.05, 3.63) is 95.0 Å². The minimum Gasteiger partial charge on any atom is -0.444 e. The van der Waals surface area contributed by atoms with Gasteiger partial charge in [-0.2, -0.15) is 0 Å². The van der Waals surface area contributed by atoms with Crippen LogP contribution in [0.4, 0.5) is 21.0 Å². The van der Waals surface area contributed by atoms with Crippen LogP contribution in [0.2, 0.25) is 5.02 Å². The summed E-state index contributed by atoms with van der Waals surface area (Å²) in [6.07, 6.45) is -1.23. The third-order valence-electron chi connectivity index (χ3n) is 3.88. The highest BCUT2D eigenvalue weighted by atomic mass is 35.5. The highest BCUT2D eigenvalue weighted by Crippen LogP contribution is 2.26. The molecule has 2 amide bonds. The summed E-state index contributed by atoms with van der Waals surface area (Å²) in [5.74, 6) is 0. The Morgan fingerprint density at radius 2 is 1.24 bits per heavy atom. The fourth-order valence-electron chi connectivity index (χ4n) is 2.44. The van der Waals surface area contributed by atoms with Gasteiger partial charge in [-0.25, -0.2) is 9.59 Å². The number of benzene rings is 3. The Balaban J connectivity index is 1.48. The molecule has 29 heavy (non-hydrogen) atoms. The van der Waals surface area contributed by atoms with E-state index in [1.807, 2.05) is 60.7 Å². The summed E-state index contributed by atoms with van der Waals surface area (Å²) < 4.78 is 10.3. The molecule has 0 saturated heterocycles. The first-order valence-electron chi connectivity index (χ1n) is 8.85. The van der Waals surface area contributed by atoms with Crippen LogP contribution in [0.5, 0.6) is 0 Å². The van der Waals surface area contributed by atoms with E-state index < -0.39 is 12.2 Å². The molecule has 0 fully saturated rings. The molecule has 3 aromatic carbocycles. The van der Waals surface area contributed by atoms with Gasteiger partial charge in [0, 0.05) is 5.69 Å². The van der Waals surface area contributed by atoms with Crippen molar-refractivity contribution in [3.63, 3.8) is 0 Å². The molecule has 148 valence electrons. The van der Waals surface area contributed by atoms with Gasteiger partial charge >= 0.3 is 12.2 Å². The monoisotopic (exact) mass is 410 g/mol. The molecule has 3 aromatic rings. The number of hydrogen-bond donors (Lipinski definition) is 2. The van der Waals surface area contributed by atoms with E-state index in [1.54, 1.807) is 12.1 Å². The number of hydrogen-bond acceptors (Lipinski definition) is 4. The highest BCUT2D eigenvalue weighted by Gasteiger charge is 2.10. The van der Waals surface area contributed by atoms with Crippen LogP contribution in [0.25, 0.3) is 0 Å². The maximum Gasteiger partial charge on any atom is 0.412 e. The standard InChI is InChI=1S/C22H19ClN2O4/c23-19-13-18(24-21(26)28-14-16-7-3-1-4-8-16)11-12-20(19)25-22(27)29-15-17-9-5-2-6-10-17/h1-13H,14-15H2,(H,24,26)(H,25,27). The Kier molecular flexibility index (Phi) is 7.08. The van der Waals surface area contributed by atoms with Crippen molar-refractivity contribution in [2.45, 2.75) is 13.2 Å². The van der Waals surface area contributed by atoms with Crippen LogP contribution in [-0.4, -0.2) is 12.2 Å². The van der Waals surface area contributed by atoms with E-state index >= 15 is 0 Å². The van der Waals surface area contributed by atoms with Gasteiger partial charge in [-0.15, -0.1) is 0 Å². The van der Waals surface area contributed by atoms with Gasteiger partial charge in [-0.05, 0) is 29.3 Å². The number of carbonyl (C=O) groups excluding carboxylic acids is 2. The second-order valence-corrected chi connectivity index (χ2v) is 6.48. The second-order valence-electron chi connectivity index (χ2n) is 6.07. The lowest BCUT2D eigenvalue weighted by Crippen LogP contribution is -2.15. The van der Waals surface area contributed by atoms with Crippen molar-refractivity contribution in [2.24, 2.45) is 0 Å². The predicted octanol–water partition coefficient (Wildman–Crippen LogP) is 5.84. The normalized spacial score (nSPS) is 10.1. The molecular weight excluding hydrogens is 392 g/mol. The SMILES string of the molecule is O=C(Nc1ccc(NC(=O)OCc2ccccc2)c(Cl)c1)OCc1ccccc1. The molecule has 7 heteroatoms. The smallest absolute Gasteiger partial charge is 0.412 e. The Labute approximate surface area is 173 Å². The number of halogens is 1. The zero-order chi connectivity index (χ0) is 20.5. The molecule has 0 aliphatic rings. The molecule has 6 nitrogen and oxygen atoms in total. The molecular formula is C22H19ClN2O4. The molecule has 0 aromatic heterocycles.